The van der Waals surface area contributed by atoms with Gasteiger partial charge in [-0.25, -0.2) is 0 Å². The van der Waals surface area contributed by atoms with Gasteiger partial charge in [-0.1, -0.05) is 12.1 Å². The Kier molecular flexibility index (Phi) is 6.26. The molecule has 1 aromatic carbocycles. The van der Waals surface area contributed by atoms with E-state index in [1.165, 1.54) is 6.07 Å². The van der Waals surface area contributed by atoms with Crippen molar-refractivity contribution in [1.29, 1.82) is 0 Å². The minimum atomic E-state index is -4.32. The molecule has 23 heavy (non-hydrogen) atoms. The van der Waals surface area contributed by atoms with Gasteiger partial charge in [0.25, 0.3) is 0 Å². The van der Waals surface area contributed by atoms with Gasteiger partial charge >= 0.3 is 6.18 Å². The van der Waals surface area contributed by atoms with Crippen LogP contribution >= 0.6 is 0 Å². The summed E-state index contributed by atoms with van der Waals surface area (Å²) in [6.07, 6.45) is -4.65. The monoisotopic (exact) mass is 332 g/mol. The quantitative estimate of drug-likeness (QED) is 0.866. The summed E-state index contributed by atoms with van der Waals surface area (Å²) in [7, 11) is 0. The molecule has 1 heterocycles. The van der Waals surface area contributed by atoms with Crippen molar-refractivity contribution >= 4 is 0 Å². The molecule has 1 aromatic rings. The molecule has 0 saturated carbocycles. The summed E-state index contributed by atoms with van der Waals surface area (Å²) in [6, 6.07) is 6.80. The summed E-state index contributed by atoms with van der Waals surface area (Å²) in [5, 5.41) is 9.39. The van der Waals surface area contributed by atoms with Crippen LogP contribution in [0.25, 0.3) is 0 Å². The second-order valence-electron chi connectivity index (χ2n) is 5.98. The van der Waals surface area contributed by atoms with Gasteiger partial charge in [0.05, 0.1) is 6.10 Å². The first-order valence-electron chi connectivity index (χ1n) is 7.73. The Labute approximate surface area is 134 Å². The van der Waals surface area contributed by atoms with Crippen LogP contribution in [0.5, 0.6) is 5.75 Å². The van der Waals surface area contributed by atoms with Crippen molar-refractivity contribution in [2.75, 3.05) is 39.3 Å². The van der Waals surface area contributed by atoms with Gasteiger partial charge in [0, 0.05) is 39.3 Å². The smallest absolute Gasteiger partial charge is 0.422 e. The topological polar surface area (TPSA) is 35.9 Å². The van der Waals surface area contributed by atoms with Gasteiger partial charge in [-0.2, -0.15) is 13.2 Å². The van der Waals surface area contributed by atoms with Crippen molar-refractivity contribution in [3.63, 3.8) is 0 Å². The number of piperazine rings is 1. The van der Waals surface area contributed by atoms with Crippen molar-refractivity contribution in [2.24, 2.45) is 0 Å². The van der Waals surface area contributed by atoms with E-state index in [1.54, 1.807) is 19.1 Å². The number of benzene rings is 1. The maximum atomic E-state index is 12.2. The Morgan fingerprint density at radius 3 is 2.43 bits per heavy atom. The van der Waals surface area contributed by atoms with Crippen LogP contribution in [0.15, 0.2) is 24.3 Å². The molecule has 1 aliphatic heterocycles. The number of ether oxygens (including phenoxy) is 1. The van der Waals surface area contributed by atoms with Crippen LogP contribution in [0.4, 0.5) is 13.2 Å². The van der Waals surface area contributed by atoms with Crippen LogP contribution in [0.1, 0.15) is 12.5 Å². The molecule has 4 nitrogen and oxygen atoms in total. The fourth-order valence-electron chi connectivity index (χ4n) is 2.66. The third-order valence-corrected chi connectivity index (χ3v) is 3.69. The molecular weight excluding hydrogens is 309 g/mol. The first kappa shape index (κ1) is 18.0. The fourth-order valence-corrected chi connectivity index (χ4v) is 2.66. The van der Waals surface area contributed by atoms with E-state index in [9.17, 15) is 18.3 Å². The van der Waals surface area contributed by atoms with Crippen molar-refractivity contribution in [3.8, 4) is 5.75 Å². The number of rotatable bonds is 6. The van der Waals surface area contributed by atoms with E-state index in [1.807, 2.05) is 6.07 Å². The number of halogens is 3. The van der Waals surface area contributed by atoms with Crippen molar-refractivity contribution < 1.29 is 23.0 Å². The number of nitrogens with zero attached hydrogens (tertiary/aromatic N) is 2. The Balaban J connectivity index is 1.82. The molecule has 2 rings (SSSR count). The first-order chi connectivity index (χ1) is 10.8. The molecule has 0 aliphatic carbocycles. The molecule has 0 aromatic heterocycles. The van der Waals surface area contributed by atoms with Crippen LogP contribution in [0, 0.1) is 0 Å². The van der Waals surface area contributed by atoms with E-state index in [0.717, 1.165) is 31.7 Å². The van der Waals surface area contributed by atoms with E-state index >= 15 is 0 Å². The van der Waals surface area contributed by atoms with Gasteiger partial charge < -0.3 is 9.84 Å². The second kappa shape index (κ2) is 7.99. The average Bonchev–Trinajstić information content (AvgIpc) is 2.46. The highest BCUT2D eigenvalue weighted by atomic mass is 19.4. The molecule has 1 aliphatic rings. The molecule has 1 fully saturated rings. The standard InChI is InChI=1S/C16H23F3N2O2/c1-13(22)10-20-5-7-21(8-6-20)11-14-3-2-4-15(9-14)23-12-16(17,18)19/h2-4,9,13,22H,5-8,10-12H2,1H3/t13-/m1/s1. The van der Waals surface area contributed by atoms with E-state index in [0.29, 0.717) is 13.1 Å². The van der Waals surface area contributed by atoms with Crippen LogP contribution < -0.4 is 4.74 Å². The van der Waals surface area contributed by atoms with Gasteiger partial charge in [0.2, 0.25) is 0 Å². The lowest BCUT2D eigenvalue weighted by Gasteiger charge is -2.35. The molecule has 0 spiro atoms. The average molecular weight is 332 g/mol. The SMILES string of the molecule is C[C@@H](O)CN1CCN(Cc2cccc(OCC(F)(F)F)c2)CC1. The van der Waals surface area contributed by atoms with Crippen LogP contribution in [0.2, 0.25) is 0 Å². The first-order valence-corrected chi connectivity index (χ1v) is 7.73. The zero-order chi connectivity index (χ0) is 16.9. The Hall–Kier alpha value is -1.31. The van der Waals surface area contributed by atoms with E-state index in [2.05, 4.69) is 9.80 Å². The number of alkyl halides is 3. The number of aliphatic hydroxyl groups excluding tert-OH is 1. The van der Waals surface area contributed by atoms with Gasteiger partial charge in [-0.05, 0) is 24.6 Å². The lowest BCUT2D eigenvalue weighted by atomic mass is 10.2. The predicted molar refractivity (Wildman–Crippen MR) is 81.4 cm³/mol. The summed E-state index contributed by atoms with van der Waals surface area (Å²) in [5.41, 5.74) is 0.939. The summed E-state index contributed by atoms with van der Waals surface area (Å²) in [4.78, 5) is 4.46. The number of aliphatic hydroxyl groups is 1. The summed E-state index contributed by atoms with van der Waals surface area (Å²) >= 11 is 0. The minimum Gasteiger partial charge on any atom is -0.484 e. The van der Waals surface area contributed by atoms with Crippen molar-refractivity contribution in [3.05, 3.63) is 29.8 Å². The molecule has 1 saturated heterocycles. The highest BCUT2D eigenvalue weighted by Gasteiger charge is 2.28. The molecule has 7 heteroatoms. The lowest BCUT2D eigenvalue weighted by Crippen LogP contribution is -2.47. The second-order valence-corrected chi connectivity index (χ2v) is 5.98. The molecule has 1 N–H and O–H groups in total. The molecule has 0 unspecified atom stereocenters. The summed E-state index contributed by atoms with van der Waals surface area (Å²) < 4.78 is 41.3. The largest absolute Gasteiger partial charge is 0.484 e. The molecule has 0 amide bonds. The van der Waals surface area contributed by atoms with Gasteiger partial charge in [0.15, 0.2) is 6.61 Å². The molecule has 0 bridgehead atoms. The maximum absolute atomic E-state index is 12.2. The molecule has 1 atom stereocenters. The summed E-state index contributed by atoms with van der Waals surface area (Å²) in [5.74, 6) is 0.243. The minimum absolute atomic E-state index is 0.243. The fraction of sp³-hybridized carbons (Fsp3) is 0.625. The maximum Gasteiger partial charge on any atom is 0.422 e. The van der Waals surface area contributed by atoms with Gasteiger partial charge in [-0.15, -0.1) is 0 Å². The Morgan fingerprint density at radius 1 is 1.17 bits per heavy atom. The highest BCUT2D eigenvalue weighted by molar-refractivity contribution is 5.28. The van der Waals surface area contributed by atoms with E-state index in [-0.39, 0.29) is 11.9 Å². The van der Waals surface area contributed by atoms with Crippen LogP contribution in [-0.4, -0.2) is 66.5 Å². The molecule has 0 radical (unpaired) electrons. The third kappa shape index (κ3) is 6.76. The van der Waals surface area contributed by atoms with E-state index in [4.69, 9.17) is 4.74 Å². The number of β-amino-alcohol motifs (C(OH)–C–C–N with tert-alkyl or cyclic N) is 1. The predicted octanol–water partition coefficient (Wildman–Crippen LogP) is 2.13. The van der Waals surface area contributed by atoms with Crippen molar-refractivity contribution in [1.82, 2.24) is 9.80 Å². The molecular formula is C16H23F3N2O2. The van der Waals surface area contributed by atoms with Crippen molar-refractivity contribution in [2.45, 2.75) is 25.7 Å². The number of hydrogen-bond donors (Lipinski definition) is 1. The van der Waals surface area contributed by atoms with Crippen LogP contribution in [0.3, 0.4) is 0 Å². The van der Waals surface area contributed by atoms with Gasteiger partial charge in [0.1, 0.15) is 5.75 Å². The Bertz CT molecular complexity index is 486. The third-order valence-electron chi connectivity index (χ3n) is 3.69. The molecule has 130 valence electrons. The Morgan fingerprint density at radius 2 is 1.83 bits per heavy atom. The highest BCUT2D eigenvalue weighted by Crippen LogP contribution is 2.20. The van der Waals surface area contributed by atoms with Gasteiger partial charge in [-0.3, -0.25) is 9.80 Å². The zero-order valence-electron chi connectivity index (χ0n) is 13.2. The lowest BCUT2D eigenvalue weighted by molar-refractivity contribution is -0.153. The summed E-state index contributed by atoms with van der Waals surface area (Å²) in [6.45, 7) is 5.39. The van der Waals surface area contributed by atoms with Crippen LogP contribution in [-0.2, 0) is 6.54 Å². The normalized spacial score (nSPS) is 18.8. The van der Waals surface area contributed by atoms with E-state index < -0.39 is 12.8 Å². The zero-order valence-corrected chi connectivity index (χ0v) is 13.2. The number of hydrogen-bond acceptors (Lipinski definition) is 4.